The van der Waals surface area contributed by atoms with E-state index in [4.69, 9.17) is 14.5 Å². The van der Waals surface area contributed by atoms with Gasteiger partial charge in [0.2, 0.25) is 24.9 Å². The van der Waals surface area contributed by atoms with E-state index in [9.17, 15) is 0 Å². The zero-order valence-electron chi connectivity index (χ0n) is 29.7. The monoisotopic (exact) mass is 673 g/mol. The molecule has 9 heteroatoms. The minimum Gasteiger partial charge on any atom is -0.493 e. The van der Waals surface area contributed by atoms with Crippen molar-refractivity contribution in [3.63, 3.8) is 0 Å². The Morgan fingerprint density at radius 2 is 1.00 bits per heavy atom. The van der Waals surface area contributed by atoms with Gasteiger partial charge in [0.15, 0.2) is 0 Å². The van der Waals surface area contributed by atoms with Gasteiger partial charge >= 0.3 is 13.3 Å². The Morgan fingerprint density at radius 1 is 0.520 bits per heavy atom. The van der Waals surface area contributed by atoms with Gasteiger partial charge in [0, 0.05) is 31.3 Å². The molecule has 9 nitrogen and oxygen atoms in total. The SMILES string of the molecule is C[N+]1=CC=[N+](CCCCCCOc2cc(OCCCCCC[N+]3=CC=[N+](C)C3)cc(-c3cc(-c4ccccn4)nc(-c4ccccn4)c3)c2)C1. The quantitative estimate of drug-likeness (QED) is 0.0866. The Labute approximate surface area is 296 Å². The molecule has 3 aromatic heterocycles. The zero-order chi connectivity index (χ0) is 34.4. The lowest BCUT2D eigenvalue weighted by Crippen LogP contribution is -2.17. The summed E-state index contributed by atoms with van der Waals surface area (Å²) in [6.45, 7) is 5.53. The minimum absolute atomic E-state index is 0.673. The summed E-state index contributed by atoms with van der Waals surface area (Å²) in [5.41, 5.74) is 5.25. The second-order valence-corrected chi connectivity index (χ2v) is 13.3. The van der Waals surface area contributed by atoms with Crippen molar-refractivity contribution in [2.75, 3.05) is 53.7 Å². The van der Waals surface area contributed by atoms with Crippen LogP contribution < -0.4 is 9.47 Å². The fourth-order valence-corrected chi connectivity index (χ4v) is 6.28. The summed E-state index contributed by atoms with van der Waals surface area (Å²) in [4.78, 5) is 14.2. The van der Waals surface area contributed by atoms with Crippen LogP contribution in [0.4, 0.5) is 0 Å². The van der Waals surface area contributed by atoms with Gasteiger partial charge in [-0.1, -0.05) is 12.1 Å². The lowest BCUT2D eigenvalue weighted by atomic mass is 10.0. The van der Waals surface area contributed by atoms with Crippen molar-refractivity contribution < 1.29 is 27.8 Å². The summed E-state index contributed by atoms with van der Waals surface area (Å²) in [5.74, 6) is 1.64. The Kier molecular flexibility index (Phi) is 12.6. The molecule has 258 valence electrons. The first kappa shape index (κ1) is 34.8. The molecule has 50 heavy (non-hydrogen) atoms. The molecule has 1 aromatic carbocycles. The lowest BCUT2D eigenvalue weighted by molar-refractivity contribution is -0.699. The normalized spacial score (nSPS) is 13.9. The molecule has 2 aliphatic heterocycles. The van der Waals surface area contributed by atoms with E-state index in [0.717, 1.165) is 97.5 Å². The van der Waals surface area contributed by atoms with Crippen LogP contribution in [-0.2, 0) is 0 Å². The predicted molar refractivity (Wildman–Crippen MR) is 201 cm³/mol. The minimum atomic E-state index is 0.673. The topological polar surface area (TPSA) is 69.2 Å². The van der Waals surface area contributed by atoms with Gasteiger partial charge in [0.1, 0.15) is 38.7 Å². The van der Waals surface area contributed by atoms with Crippen molar-refractivity contribution in [1.29, 1.82) is 0 Å². The van der Waals surface area contributed by atoms with Crippen LogP contribution in [0.25, 0.3) is 33.9 Å². The Balaban J connectivity index is 1.12. The molecule has 0 saturated heterocycles. The van der Waals surface area contributed by atoms with Crippen molar-refractivity contribution in [2.24, 2.45) is 0 Å². The molecule has 0 amide bonds. The summed E-state index contributed by atoms with van der Waals surface area (Å²) in [6, 6.07) is 22.3. The van der Waals surface area contributed by atoms with E-state index in [1.165, 1.54) is 25.7 Å². The Bertz CT molecular complexity index is 1710. The smallest absolute Gasteiger partial charge is 0.334 e. The molecule has 0 atom stereocenters. The largest absolute Gasteiger partial charge is 0.493 e. The van der Waals surface area contributed by atoms with Crippen LogP contribution in [0.15, 0.2) is 79.1 Å². The van der Waals surface area contributed by atoms with Crippen LogP contribution in [0.5, 0.6) is 11.5 Å². The number of hydrogen-bond donors (Lipinski definition) is 0. The highest BCUT2D eigenvalue weighted by Gasteiger charge is 2.17. The summed E-state index contributed by atoms with van der Waals surface area (Å²) in [6.07, 6.45) is 21.3. The Hall–Kier alpha value is -5.05. The van der Waals surface area contributed by atoms with E-state index in [0.29, 0.717) is 13.2 Å². The van der Waals surface area contributed by atoms with Crippen molar-refractivity contribution in [2.45, 2.75) is 51.4 Å². The van der Waals surface area contributed by atoms with E-state index in [-0.39, 0.29) is 0 Å². The average molecular weight is 674 g/mol. The molecule has 0 unspecified atom stereocenters. The van der Waals surface area contributed by atoms with E-state index in [1.54, 1.807) is 12.4 Å². The maximum absolute atomic E-state index is 6.39. The molecule has 4 aromatic rings. The first-order valence-electron chi connectivity index (χ1n) is 18.1. The number of aromatic nitrogens is 3. The number of rotatable bonds is 19. The van der Waals surface area contributed by atoms with Crippen molar-refractivity contribution in [3.05, 3.63) is 79.1 Å². The fourth-order valence-electron chi connectivity index (χ4n) is 6.28. The van der Waals surface area contributed by atoms with Crippen LogP contribution in [0.2, 0.25) is 0 Å². The third kappa shape index (κ3) is 10.5. The van der Waals surface area contributed by atoms with Gasteiger partial charge in [-0.3, -0.25) is 9.97 Å². The number of pyridine rings is 3. The van der Waals surface area contributed by atoms with Crippen LogP contribution in [-0.4, -0.2) is 112 Å². The van der Waals surface area contributed by atoms with Gasteiger partial charge in [-0.25, -0.2) is 4.98 Å². The highest BCUT2D eigenvalue weighted by molar-refractivity contribution is 6.11. The number of ether oxygens (including phenoxy) is 2. The standard InChI is InChI=1S/C41H51N7O2/c1-45-21-23-47(32-45)19-11-3-5-13-25-49-36-27-34(28-37(31-36)50-26-14-6-4-12-20-48-24-22-46(2)33-48)35-29-40(38-15-7-9-17-42-38)44-41(30-35)39-16-8-10-18-43-39/h7-10,15-18,21-24,27-31H,3-6,11-14,19-20,25-26,32-33H2,1-2H3/q+4. The van der Waals surface area contributed by atoms with E-state index in [1.807, 2.05) is 42.5 Å². The third-order valence-corrected chi connectivity index (χ3v) is 8.98. The van der Waals surface area contributed by atoms with Crippen LogP contribution in [0.1, 0.15) is 51.4 Å². The highest BCUT2D eigenvalue weighted by Crippen LogP contribution is 2.34. The number of unbranched alkanes of at least 4 members (excludes halogenated alkanes) is 6. The van der Waals surface area contributed by atoms with E-state index < -0.39 is 0 Å². The van der Waals surface area contributed by atoms with Crippen LogP contribution >= 0.6 is 0 Å². The molecular formula is C41H51N7O2+4. The molecule has 0 bridgehead atoms. The van der Waals surface area contributed by atoms with E-state index in [2.05, 4.69) is 91.5 Å². The molecule has 0 N–H and O–H groups in total. The predicted octanol–water partition coefficient (Wildman–Crippen LogP) is 6.29. The van der Waals surface area contributed by atoms with Gasteiger partial charge in [-0.15, -0.1) is 0 Å². The summed E-state index contributed by atoms with van der Waals surface area (Å²) in [7, 11) is 4.22. The molecule has 0 fully saturated rings. The molecular weight excluding hydrogens is 622 g/mol. The lowest BCUT2D eigenvalue weighted by Gasteiger charge is -2.14. The van der Waals surface area contributed by atoms with Gasteiger partial charge in [0.25, 0.3) is 0 Å². The molecule has 2 aliphatic rings. The number of benzene rings is 1. The summed E-state index contributed by atoms with van der Waals surface area (Å²) in [5, 5.41) is 0. The van der Waals surface area contributed by atoms with Gasteiger partial charge in [-0.05, 0) is 98.2 Å². The maximum Gasteiger partial charge on any atom is 0.334 e. The van der Waals surface area contributed by atoms with Crippen molar-refractivity contribution in [3.8, 4) is 45.4 Å². The van der Waals surface area contributed by atoms with Crippen molar-refractivity contribution >= 4 is 24.9 Å². The third-order valence-electron chi connectivity index (χ3n) is 8.98. The zero-order valence-corrected chi connectivity index (χ0v) is 29.7. The fraction of sp³-hybridized carbons (Fsp3) is 0.390. The van der Waals surface area contributed by atoms with E-state index >= 15 is 0 Å². The maximum atomic E-state index is 6.39. The Morgan fingerprint density at radius 3 is 1.44 bits per heavy atom. The van der Waals surface area contributed by atoms with Gasteiger partial charge < -0.3 is 9.47 Å². The molecule has 0 aliphatic carbocycles. The first-order valence-corrected chi connectivity index (χ1v) is 18.1. The van der Waals surface area contributed by atoms with Gasteiger partial charge in [0.05, 0.1) is 36.0 Å². The first-order chi connectivity index (χ1) is 24.6. The molecule has 0 radical (unpaired) electrons. The molecule has 5 heterocycles. The van der Waals surface area contributed by atoms with Crippen molar-refractivity contribution in [1.82, 2.24) is 15.0 Å². The number of nitrogens with zero attached hydrogens (tertiary/aromatic N) is 7. The summed E-state index contributed by atoms with van der Waals surface area (Å²) < 4.78 is 21.9. The number of hydrogen-bond acceptors (Lipinski definition) is 5. The molecule has 0 saturated carbocycles. The molecule has 6 rings (SSSR count). The van der Waals surface area contributed by atoms with Crippen LogP contribution in [0.3, 0.4) is 0 Å². The summed E-state index contributed by atoms with van der Waals surface area (Å²) >= 11 is 0. The van der Waals surface area contributed by atoms with Crippen LogP contribution in [0, 0.1) is 0 Å². The molecule has 0 spiro atoms. The van der Waals surface area contributed by atoms with Gasteiger partial charge in [-0.2, -0.15) is 18.3 Å². The second-order valence-electron chi connectivity index (χ2n) is 13.3. The highest BCUT2D eigenvalue weighted by atomic mass is 16.5. The average Bonchev–Trinajstić information content (AvgIpc) is 3.77. The second kappa shape index (κ2) is 18.1.